The van der Waals surface area contributed by atoms with E-state index in [1.807, 2.05) is 13.8 Å². The molecule has 0 aliphatic heterocycles. The molecule has 0 aliphatic rings. The summed E-state index contributed by atoms with van der Waals surface area (Å²) in [6.45, 7) is 4.54. The van der Waals surface area contributed by atoms with E-state index in [0.29, 0.717) is 18.5 Å². The molecule has 2 aromatic rings. The van der Waals surface area contributed by atoms with Crippen LogP contribution in [0.1, 0.15) is 25.3 Å². The molecule has 0 fully saturated rings. The van der Waals surface area contributed by atoms with Gasteiger partial charge in [0.2, 0.25) is 5.89 Å². The zero-order valence-electron chi connectivity index (χ0n) is 11.3. The highest BCUT2D eigenvalue weighted by atomic mass is 19.1. The SMILES string of the molecule is CC(C)NCc1nnc(NCc2cc(F)ccc2F)o1. The standard InChI is InChI=1S/C13H16F2N4O/c1-8(2)16-7-12-18-19-13(20-12)17-6-9-5-10(14)3-4-11(9)15/h3-5,8,16H,6-7H2,1-2H3,(H,17,19). The number of benzene rings is 1. The van der Waals surface area contributed by atoms with Crippen LogP contribution in [-0.4, -0.2) is 16.2 Å². The van der Waals surface area contributed by atoms with Gasteiger partial charge >= 0.3 is 6.01 Å². The van der Waals surface area contributed by atoms with E-state index in [0.717, 1.165) is 18.2 Å². The summed E-state index contributed by atoms with van der Waals surface area (Å²) >= 11 is 0. The van der Waals surface area contributed by atoms with Crippen molar-refractivity contribution in [1.29, 1.82) is 0 Å². The third-order valence-corrected chi connectivity index (χ3v) is 2.57. The monoisotopic (exact) mass is 282 g/mol. The number of aromatic nitrogens is 2. The summed E-state index contributed by atoms with van der Waals surface area (Å²) in [6, 6.07) is 3.76. The number of nitrogens with one attached hydrogen (secondary N) is 2. The predicted molar refractivity (Wildman–Crippen MR) is 70.0 cm³/mol. The van der Waals surface area contributed by atoms with Crippen LogP contribution in [0.15, 0.2) is 22.6 Å². The van der Waals surface area contributed by atoms with Crippen LogP contribution in [0.25, 0.3) is 0 Å². The van der Waals surface area contributed by atoms with Gasteiger partial charge in [0.15, 0.2) is 0 Å². The van der Waals surface area contributed by atoms with Crippen molar-refractivity contribution in [2.75, 3.05) is 5.32 Å². The zero-order chi connectivity index (χ0) is 14.5. The van der Waals surface area contributed by atoms with Crippen molar-refractivity contribution in [3.8, 4) is 0 Å². The smallest absolute Gasteiger partial charge is 0.315 e. The summed E-state index contributed by atoms with van der Waals surface area (Å²) in [4.78, 5) is 0. The minimum Gasteiger partial charge on any atom is -0.407 e. The number of hydrogen-bond acceptors (Lipinski definition) is 5. The van der Waals surface area contributed by atoms with Crippen molar-refractivity contribution in [3.05, 3.63) is 41.3 Å². The Labute approximate surface area is 115 Å². The van der Waals surface area contributed by atoms with Crippen LogP contribution in [-0.2, 0) is 13.1 Å². The van der Waals surface area contributed by atoms with Gasteiger partial charge in [-0.05, 0) is 18.2 Å². The number of nitrogens with zero attached hydrogens (tertiary/aromatic N) is 2. The number of halogens is 2. The van der Waals surface area contributed by atoms with Gasteiger partial charge in [0, 0.05) is 18.2 Å². The lowest BCUT2D eigenvalue weighted by atomic mass is 10.2. The highest BCUT2D eigenvalue weighted by Crippen LogP contribution is 2.12. The molecule has 0 saturated carbocycles. The minimum atomic E-state index is -0.490. The van der Waals surface area contributed by atoms with E-state index in [4.69, 9.17) is 4.42 Å². The Morgan fingerprint density at radius 2 is 2.00 bits per heavy atom. The molecule has 1 aromatic heterocycles. The van der Waals surface area contributed by atoms with Crippen LogP contribution in [0.3, 0.4) is 0 Å². The van der Waals surface area contributed by atoms with Gasteiger partial charge in [-0.3, -0.25) is 0 Å². The second-order valence-electron chi connectivity index (χ2n) is 4.63. The normalized spacial score (nSPS) is 11.1. The Kier molecular flexibility index (Phi) is 4.62. The van der Waals surface area contributed by atoms with Crippen LogP contribution < -0.4 is 10.6 Å². The van der Waals surface area contributed by atoms with Crippen LogP contribution in [0.4, 0.5) is 14.8 Å². The van der Waals surface area contributed by atoms with Gasteiger partial charge in [-0.15, -0.1) is 5.10 Å². The van der Waals surface area contributed by atoms with E-state index >= 15 is 0 Å². The van der Waals surface area contributed by atoms with E-state index in [1.165, 1.54) is 0 Å². The number of rotatable bonds is 6. The fraction of sp³-hybridized carbons (Fsp3) is 0.385. The fourth-order valence-corrected chi connectivity index (χ4v) is 1.54. The summed E-state index contributed by atoms with van der Waals surface area (Å²) in [5.41, 5.74) is 0.199. The summed E-state index contributed by atoms with van der Waals surface area (Å²) in [5, 5.41) is 13.5. The van der Waals surface area contributed by atoms with Crippen LogP contribution in [0.5, 0.6) is 0 Å². The Hall–Kier alpha value is -2.02. The Morgan fingerprint density at radius 3 is 2.75 bits per heavy atom. The summed E-state index contributed by atoms with van der Waals surface area (Å²) in [5.74, 6) is -0.545. The predicted octanol–water partition coefficient (Wildman–Crippen LogP) is 2.46. The van der Waals surface area contributed by atoms with Gasteiger partial charge in [0.25, 0.3) is 0 Å². The number of hydrogen-bond donors (Lipinski definition) is 2. The quantitative estimate of drug-likeness (QED) is 0.852. The second-order valence-corrected chi connectivity index (χ2v) is 4.63. The molecule has 108 valence electrons. The second kappa shape index (κ2) is 6.42. The first-order valence-electron chi connectivity index (χ1n) is 6.28. The molecule has 5 nitrogen and oxygen atoms in total. The topological polar surface area (TPSA) is 63.0 Å². The first-order valence-corrected chi connectivity index (χ1v) is 6.28. The molecule has 0 spiro atoms. The molecule has 0 atom stereocenters. The molecular formula is C13H16F2N4O. The van der Waals surface area contributed by atoms with Crippen LogP contribution in [0, 0.1) is 11.6 Å². The highest BCUT2D eigenvalue weighted by molar-refractivity contribution is 5.25. The lowest BCUT2D eigenvalue weighted by molar-refractivity contribution is 0.458. The van der Waals surface area contributed by atoms with Crippen molar-refractivity contribution in [1.82, 2.24) is 15.5 Å². The van der Waals surface area contributed by atoms with Crippen molar-refractivity contribution in [2.24, 2.45) is 0 Å². The van der Waals surface area contributed by atoms with Crippen molar-refractivity contribution >= 4 is 6.01 Å². The molecule has 0 aliphatic carbocycles. The van der Waals surface area contributed by atoms with E-state index < -0.39 is 11.6 Å². The van der Waals surface area contributed by atoms with Crippen molar-refractivity contribution in [3.63, 3.8) is 0 Å². The maximum absolute atomic E-state index is 13.4. The maximum atomic E-state index is 13.4. The molecule has 2 N–H and O–H groups in total. The zero-order valence-corrected chi connectivity index (χ0v) is 11.3. The Bertz CT molecular complexity index is 571. The lowest BCUT2D eigenvalue weighted by Gasteiger charge is -2.04. The molecule has 0 amide bonds. The van der Waals surface area contributed by atoms with E-state index in [1.54, 1.807) is 0 Å². The van der Waals surface area contributed by atoms with Gasteiger partial charge in [0.1, 0.15) is 11.6 Å². The molecule has 1 aromatic carbocycles. The Morgan fingerprint density at radius 1 is 1.20 bits per heavy atom. The number of anilines is 1. The Balaban J connectivity index is 1.92. The lowest BCUT2D eigenvalue weighted by Crippen LogP contribution is -2.21. The van der Waals surface area contributed by atoms with E-state index in [9.17, 15) is 8.78 Å². The first-order chi connectivity index (χ1) is 9.54. The summed E-state index contributed by atoms with van der Waals surface area (Å²) in [6.07, 6.45) is 0. The van der Waals surface area contributed by atoms with Crippen LogP contribution >= 0.6 is 0 Å². The van der Waals surface area contributed by atoms with Crippen LogP contribution in [0.2, 0.25) is 0 Å². The molecule has 20 heavy (non-hydrogen) atoms. The summed E-state index contributed by atoms with van der Waals surface area (Å²) in [7, 11) is 0. The van der Waals surface area contributed by atoms with Gasteiger partial charge in [0.05, 0.1) is 6.54 Å². The average Bonchev–Trinajstić information content (AvgIpc) is 2.85. The molecule has 0 radical (unpaired) electrons. The molecule has 7 heteroatoms. The molecule has 0 bridgehead atoms. The summed E-state index contributed by atoms with van der Waals surface area (Å²) < 4.78 is 31.7. The minimum absolute atomic E-state index is 0.0723. The first kappa shape index (κ1) is 14.4. The van der Waals surface area contributed by atoms with Gasteiger partial charge < -0.3 is 15.1 Å². The van der Waals surface area contributed by atoms with Gasteiger partial charge in [-0.25, -0.2) is 8.78 Å². The molecular weight excluding hydrogens is 266 g/mol. The van der Waals surface area contributed by atoms with Gasteiger partial charge in [-0.2, -0.15) is 0 Å². The third-order valence-electron chi connectivity index (χ3n) is 2.57. The van der Waals surface area contributed by atoms with Crippen molar-refractivity contribution in [2.45, 2.75) is 33.0 Å². The van der Waals surface area contributed by atoms with Gasteiger partial charge in [-0.1, -0.05) is 18.9 Å². The van der Waals surface area contributed by atoms with E-state index in [2.05, 4.69) is 20.8 Å². The maximum Gasteiger partial charge on any atom is 0.315 e. The molecule has 1 heterocycles. The molecule has 2 rings (SSSR count). The van der Waals surface area contributed by atoms with Crippen molar-refractivity contribution < 1.29 is 13.2 Å². The highest BCUT2D eigenvalue weighted by Gasteiger charge is 2.08. The third kappa shape index (κ3) is 3.99. The molecule has 0 saturated heterocycles. The van der Waals surface area contributed by atoms with E-state index in [-0.39, 0.29) is 18.1 Å². The molecule has 0 unspecified atom stereocenters. The average molecular weight is 282 g/mol. The largest absolute Gasteiger partial charge is 0.407 e. The fourth-order valence-electron chi connectivity index (χ4n) is 1.54.